The Balaban J connectivity index is 1.30. The summed E-state index contributed by atoms with van der Waals surface area (Å²) in [5, 5.41) is 7.89. The predicted octanol–water partition coefficient (Wildman–Crippen LogP) is 6.32. The molecule has 0 aromatic heterocycles. The van der Waals surface area contributed by atoms with Crippen LogP contribution in [-0.2, 0) is 82.7 Å². The maximum Gasteiger partial charge on any atom is 0.417 e. The van der Waals surface area contributed by atoms with Crippen molar-refractivity contribution in [3.63, 3.8) is 0 Å². The van der Waals surface area contributed by atoms with Gasteiger partial charge in [0, 0.05) is 75.4 Å². The van der Waals surface area contributed by atoms with Gasteiger partial charge in [-0.1, -0.05) is 96.0 Å². The number of alkyl halides is 6. The number of halogens is 7. The average molecular weight is 1490 g/mol. The van der Waals surface area contributed by atoms with Gasteiger partial charge in [0.05, 0.1) is 42.2 Å². The Kier molecular flexibility index (Phi) is 28.7. The minimum atomic E-state index is -4.81. The van der Waals surface area contributed by atoms with E-state index >= 15 is 24.0 Å². The van der Waals surface area contributed by atoms with Crippen molar-refractivity contribution in [1.29, 1.82) is 0 Å². The molecule has 104 heavy (non-hydrogen) atoms. The third kappa shape index (κ3) is 20.5. The summed E-state index contributed by atoms with van der Waals surface area (Å²) in [6, 6.07) is -2.82. The molecule has 5 fully saturated rings. The van der Waals surface area contributed by atoms with Gasteiger partial charge in [-0.05, 0) is 124 Å². The number of carbonyl (C=O) groups excluding carboxylic acids is 12. The number of hydrogen-bond acceptors (Lipinski definition) is 12. The molecule has 576 valence electrons. The molecule has 3 N–H and O–H groups in total. The van der Waals surface area contributed by atoms with Gasteiger partial charge in [0.2, 0.25) is 70.9 Å². The minimum absolute atomic E-state index is 0.0410. The van der Waals surface area contributed by atoms with E-state index in [4.69, 9.17) is 11.6 Å². The van der Waals surface area contributed by atoms with Crippen molar-refractivity contribution < 1.29 is 83.9 Å². The SMILES string of the molecule is CC[C@H](C)[C@@H]1NC(=O)[C@H](CC(C)C)N(C)C(=O)C[C@@H](C(=O)N2CCCC2)N(C)C(=O)[C@H](C2CCCCC2)N(C)C(=O)C2(CCCC2)NC(=O)[C@@H]2CCCN2C(=O)[C@H](CCc2ccc(C(F)(F)F)c(Cl)c2)NC(=O)CN(C)C(=O)[C@H](Cc2ccc(C(F)(F)F)cc2)N(C)C(=O)CN(C)C(=O)CN(C)C1=O. The number of likely N-dealkylation sites (tertiary alicyclic amines) is 1. The first-order valence-electron chi connectivity index (χ1n) is 36.1. The third-order valence-electron chi connectivity index (χ3n) is 21.5. The normalized spacial score (nSPS) is 25.3. The van der Waals surface area contributed by atoms with Crippen molar-refractivity contribution in [3.8, 4) is 0 Å². The van der Waals surface area contributed by atoms with Crippen molar-refractivity contribution in [2.24, 2.45) is 17.8 Å². The molecule has 3 aliphatic heterocycles. The van der Waals surface area contributed by atoms with Crippen LogP contribution in [0.5, 0.6) is 0 Å². The Morgan fingerprint density at radius 2 is 1.19 bits per heavy atom. The molecule has 12 amide bonds. The van der Waals surface area contributed by atoms with Crippen molar-refractivity contribution >= 4 is 82.5 Å². The molecule has 0 bridgehead atoms. The highest BCUT2D eigenvalue weighted by atomic mass is 35.5. The number of aryl methyl sites for hydroxylation is 1. The van der Waals surface area contributed by atoms with E-state index in [-0.39, 0.29) is 68.5 Å². The van der Waals surface area contributed by atoms with Crippen LogP contribution in [0.1, 0.15) is 159 Å². The van der Waals surface area contributed by atoms with Crippen LogP contribution >= 0.6 is 11.6 Å². The van der Waals surface area contributed by atoms with E-state index in [2.05, 4.69) is 16.0 Å². The van der Waals surface area contributed by atoms with E-state index in [0.717, 1.165) is 68.5 Å². The Hall–Kier alpha value is -8.05. The van der Waals surface area contributed by atoms with Gasteiger partial charge >= 0.3 is 12.4 Å². The summed E-state index contributed by atoms with van der Waals surface area (Å²) < 4.78 is 83.0. The molecule has 7 rings (SSSR count). The molecule has 8 atom stereocenters. The van der Waals surface area contributed by atoms with E-state index in [0.29, 0.717) is 70.9 Å². The number of likely N-dealkylation sites (N-methyl/N-ethyl adjacent to an activating group) is 7. The van der Waals surface area contributed by atoms with Crippen molar-refractivity contribution in [2.75, 3.05) is 88.6 Å². The number of hydrogen-bond donors (Lipinski definition) is 3. The molecule has 3 heterocycles. The summed E-state index contributed by atoms with van der Waals surface area (Å²) >= 11 is 6.13. The zero-order valence-corrected chi connectivity index (χ0v) is 62.3. The molecule has 2 aromatic rings. The lowest BCUT2D eigenvalue weighted by atomic mass is 9.81. The van der Waals surface area contributed by atoms with Crippen LogP contribution in [0.25, 0.3) is 0 Å². The molecular weight excluding hydrogens is 1390 g/mol. The number of nitrogens with one attached hydrogen (secondary N) is 3. The number of benzene rings is 2. The Morgan fingerprint density at radius 1 is 0.596 bits per heavy atom. The molecule has 2 aliphatic carbocycles. The first-order chi connectivity index (χ1) is 48.8. The van der Waals surface area contributed by atoms with Gasteiger partial charge in [0.15, 0.2) is 0 Å². The van der Waals surface area contributed by atoms with Crippen molar-refractivity contribution in [1.82, 2.24) is 60.0 Å². The fraction of sp³-hybridized carbons (Fsp3) is 0.671. The average Bonchev–Trinajstić information content (AvgIpc) is 1.46. The summed E-state index contributed by atoms with van der Waals surface area (Å²) in [6.45, 7) is 5.60. The lowest BCUT2D eigenvalue weighted by Crippen LogP contribution is -2.65. The highest BCUT2D eigenvalue weighted by Gasteiger charge is 2.52. The lowest BCUT2D eigenvalue weighted by Gasteiger charge is -2.43. The summed E-state index contributed by atoms with van der Waals surface area (Å²) in [6.07, 6.45) is -4.46. The van der Waals surface area contributed by atoms with Crippen molar-refractivity contribution in [3.05, 3.63) is 69.7 Å². The highest BCUT2D eigenvalue weighted by Crippen LogP contribution is 2.39. The van der Waals surface area contributed by atoms with Gasteiger partial charge in [0.1, 0.15) is 47.8 Å². The van der Waals surface area contributed by atoms with Crippen LogP contribution in [0.4, 0.5) is 26.3 Å². The van der Waals surface area contributed by atoms with Gasteiger partial charge in [-0.25, -0.2) is 0 Å². The van der Waals surface area contributed by atoms with E-state index in [1.807, 2.05) is 13.8 Å². The lowest BCUT2D eigenvalue weighted by molar-refractivity contribution is -0.156. The maximum absolute atomic E-state index is 15.8. The summed E-state index contributed by atoms with van der Waals surface area (Å²) in [5.74, 6) is -10.2. The second-order valence-corrected chi connectivity index (χ2v) is 29.9. The van der Waals surface area contributed by atoms with Crippen LogP contribution in [0.2, 0.25) is 5.02 Å². The van der Waals surface area contributed by atoms with Crippen LogP contribution in [0.3, 0.4) is 0 Å². The molecule has 5 aliphatic rings. The maximum atomic E-state index is 15.8. The van der Waals surface area contributed by atoms with E-state index in [1.54, 1.807) is 18.7 Å². The summed E-state index contributed by atoms with van der Waals surface area (Å²) in [7, 11) is 9.26. The second kappa shape index (κ2) is 35.8. The van der Waals surface area contributed by atoms with E-state index in [1.165, 1.54) is 68.9 Å². The summed E-state index contributed by atoms with van der Waals surface area (Å²) in [5.41, 5.74) is -3.40. The van der Waals surface area contributed by atoms with Gasteiger partial charge in [-0.15, -0.1) is 0 Å². The van der Waals surface area contributed by atoms with Crippen molar-refractivity contribution in [2.45, 2.75) is 210 Å². The number of nitrogens with zero attached hydrogens (tertiary/aromatic N) is 9. The van der Waals surface area contributed by atoms with E-state index in [9.17, 15) is 59.9 Å². The standard InChI is InChI=1S/C73H103ClF6N12O12/c1-12-45(4)61-68(102)86(7)42-59(95)84(5)43-60(96)88(9)55(39-47-24-28-49(29-25-47)72(75,76)77)66(100)85(6)41-57(93)81-52(31-27-46-26-30-50(51(74)38-46)73(78,79)80)65(99)92-36-20-23-53(92)64(98)83-71(32-16-17-33-71)70(104)90(11)62(48-21-14-13-15-22-48)69(103)89(10)56(67(101)91-34-18-19-35-91)40-58(94)87(8)54(37-44(2)3)63(97)82-61/h24-26,28-30,38,44-45,48,52-56,61-62H,12-23,27,31-37,39-43H2,1-11H3,(H,81,93)(H,82,97)(H,83,98)/t45-,52-,53-,54-,55-,56-,61-,62-/m0/s1. The van der Waals surface area contributed by atoms with Crippen LogP contribution < -0.4 is 16.0 Å². The zero-order chi connectivity index (χ0) is 77.0. The molecule has 0 unspecified atom stereocenters. The first-order valence-corrected chi connectivity index (χ1v) is 36.5. The van der Waals surface area contributed by atoms with Gasteiger partial charge in [0.25, 0.3) is 0 Å². The first kappa shape index (κ1) is 83.2. The third-order valence-corrected chi connectivity index (χ3v) is 21.8. The molecule has 3 saturated heterocycles. The molecule has 24 nitrogen and oxygen atoms in total. The smallest absolute Gasteiger partial charge is 0.343 e. The number of amides is 12. The minimum Gasteiger partial charge on any atom is -0.343 e. The fourth-order valence-corrected chi connectivity index (χ4v) is 15.3. The summed E-state index contributed by atoms with van der Waals surface area (Å²) in [4.78, 5) is 190. The molecule has 31 heteroatoms. The van der Waals surface area contributed by atoms with Gasteiger partial charge < -0.3 is 60.0 Å². The molecule has 2 saturated carbocycles. The van der Waals surface area contributed by atoms with Gasteiger partial charge in [-0.2, -0.15) is 26.3 Å². The topological polar surface area (TPSA) is 270 Å². The van der Waals surface area contributed by atoms with E-state index < -0.39 is 192 Å². The zero-order valence-electron chi connectivity index (χ0n) is 61.6. The quantitative estimate of drug-likeness (QED) is 0.209. The second-order valence-electron chi connectivity index (χ2n) is 29.5. The molecule has 0 radical (unpaired) electrons. The van der Waals surface area contributed by atoms with Gasteiger partial charge in [-0.3, -0.25) is 57.5 Å². The largest absolute Gasteiger partial charge is 0.417 e. The Bertz CT molecular complexity index is 3450. The molecule has 1 spiro atoms. The highest BCUT2D eigenvalue weighted by molar-refractivity contribution is 6.31. The number of carbonyl (C=O) groups is 12. The monoisotopic (exact) mass is 1490 g/mol. The molecular formula is C73H103ClF6N12O12. The fourth-order valence-electron chi connectivity index (χ4n) is 15.0. The number of fused-ring (bicyclic) bond motifs is 1. The Labute approximate surface area is 609 Å². The van der Waals surface area contributed by atoms with Crippen LogP contribution in [0, 0.1) is 17.8 Å². The van der Waals surface area contributed by atoms with Crippen LogP contribution in [-0.4, -0.2) is 251 Å². The van der Waals surface area contributed by atoms with Crippen LogP contribution in [0.15, 0.2) is 42.5 Å². The Morgan fingerprint density at radius 3 is 1.78 bits per heavy atom. The predicted molar refractivity (Wildman–Crippen MR) is 373 cm³/mol. The molecule has 2 aromatic carbocycles. The number of rotatable bonds is 11.